The molecule has 0 unspecified atom stereocenters. The first kappa shape index (κ1) is 33.1. The van der Waals surface area contributed by atoms with Gasteiger partial charge in [-0.2, -0.15) is 0 Å². The van der Waals surface area contributed by atoms with Crippen LogP contribution in [0.5, 0.6) is 5.75 Å². The molecule has 0 aliphatic heterocycles. The summed E-state index contributed by atoms with van der Waals surface area (Å²) in [5.41, 5.74) is 2.37. The summed E-state index contributed by atoms with van der Waals surface area (Å²) >= 11 is 0. The predicted molar refractivity (Wildman–Crippen MR) is 140 cm³/mol. The first-order valence-electron chi connectivity index (χ1n) is 11.7. The Bertz CT molecular complexity index is 1540. The van der Waals surface area contributed by atoms with Gasteiger partial charge in [0.15, 0.2) is 5.78 Å². The molecule has 5 N–H and O–H groups in total. The SMILES string of the molecule is CC1=C/C(=C(\c2cc(C)c(O)c(CNCC(=O)O)c2)c2ccccc2S(=O)(=O)[O-])C=C(CNCC(=O)O)C1=O.[Na+]. The van der Waals surface area contributed by atoms with Crippen molar-refractivity contribution in [3.05, 3.63) is 87.5 Å². The summed E-state index contributed by atoms with van der Waals surface area (Å²) in [5, 5.41) is 33.9. The number of carbonyl (C=O) groups excluding carboxylic acids is 1. The summed E-state index contributed by atoms with van der Waals surface area (Å²) < 4.78 is 36.7. The Morgan fingerprint density at radius 3 is 2.15 bits per heavy atom. The minimum Gasteiger partial charge on any atom is -0.744 e. The minimum atomic E-state index is -4.94. The van der Waals surface area contributed by atoms with Crippen LogP contribution in [0.25, 0.3) is 5.57 Å². The van der Waals surface area contributed by atoms with Gasteiger partial charge in [-0.3, -0.25) is 14.4 Å². The maximum Gasteiger partial charge on any atom is 1.00 e. The molecule has 0 aromatic heterocycles. The number of aromatic hydroxyl groups is 1. The standard InChI is InChI=1S/C27H28N2O9S.Na/c1-15-7-17(9-19(26(15)34)11-28-13-23(30)31)25(21-5-3-4-6-22(21)39(36,37)38)18-8-16(2)27(35)20(10-18)12-29-14-24(32)33;/h3-10,28-29,34H,11-14H2,1-2H3,(H,30,31)(H,32,33)(H,36,37,38);/q;+1/p-1/b25-18-;. The Hall–Kier alpha value is -3.10. The summed E-state index contributed by atoms with van der Waals surface area (Å²) in [6, 6.07) is 8.71. The molecule has 13 heteroatoms. The van der Waals surface area contributed by atoms with E-state index < -0.39 is 27.0 Å². The van der Waals surface area contributed by atoms with Gasteiger partial charge in [0, 0.05) is 29.8 Å². The smallest absolute Gasteiger partial charge is 0.744 e. The molecule has 0 saturated carbocycles. The molecule has 40 heavy (non-hydrogen) atoms. The van der Waals surface area contributed by atoms with Crippen molar-refractivity contribution in [1.82, 2.24) is 10.6 Å². The number of benzene rings is 2. The Kier molecular flexibility index (Phi) is 11.6. The second kappa shape index (κ2) is 14.0. The molecule has 2 aromatic carbocycles. The fourth-order valence-corrected chi connectivity index (χ4v) is 4.92. The zero-order valence-corrected chi connectivity index (χ0v) is 25.0. The van der Waals surface area contributed by atoms with E-state index in [1.54, 1.807) is 32.0 Å². The number of carboxylic acid groups (broad SMARTS) is 2. The second-order valence-corrected chi connectivity index (χ2v) is 10.3. The molecule has 0 heterocycles. The molecule has 0 fully saturated rings. The number of carboxylic acids is 2. The van der Waals surface area contributed by atoms with Crippen LogP contribution in [-0.2, 0) is 31.0 Å². The molecule has 206 valence electrons. The number of ketones is 1. The molecule has 1 aliphatic rings. The molecule has 1 aliphatic carbocycles. The van der Waals surface area contributed by atoms with Gasteiger partial charge in [0.25, 0.3) is 0 Å². The van der Waals surface area contributed by atoms with Gasteiger partial charge in [-0.15, -0.1) is 0 Å². The molecular formula is C27H27N2NaO9S. The van der Waals surface area contributed by atoms with E-state index in [0.717, 1.165) is 0 Å². The number of phenols is 1. The maximum absolute atomic E-state index is 12.8. The molecular weight excluding hydrogens is 551 g/mol. The third-order valence-corrected chi connectivity index (χ3v) is 6.81. The van der Waals surface area contributed by atoms with Crippen LogP contribution in [0, 0.1) is 6.92 Å². The fraction of sp³-hybridized carbons (Fsp3) is 0.222. The number of carbonyl (C=O) groups is 3. The molecule has 0 amide bonds. The van der Waals surface area contributed by atoms with Gasteiger partial charge in [0.2, 0.25) is 0 Å². The Morgan fingerprint density at radius 1 is 0.950 bits per heavy atom. The fourth-order valence-electron chi connectivity index (χ4n) is 4.23. The average Bonchev–Trinajstić information content (AvgIpc) is 2.84. The van der Waals surface area contributed by atoms with E-state index >= 15 is 0 Å². The number of hydrogen-bond donors (Lipinski definition) is 5. The van der Waals surface area contributed by atoms with E-state index in [1.165, 1.54) is 30.4 Å². The molecule has 0 atom stereocenters. The number of phenolic OH excluding ortho intramolecular Hbond substituents is 1. The number of nitrogens with one attached hydrogen (secondary N) is 2. The summed E-state index contributed by atoms with van der Waals surface area (Å²) in [7, 11) is -4.94. The number of aliphatic carboxylic acids is 2. The van der Waals surface area contributed by atoms with Crippen molar-refractivity contribution in [3.8, 4) is 5.75 Å². The first-order valence-corrected chi connectivity index (χ1v) is 13.1. The predicted octanol–water partition coefficient (Wildman–Crippen LogP) is -1.29. The van der Waals surface area contributed by atoms with E-state index in [0.29, 0.717) is 27.8 Å². The Balaban J connectivity index is 0.00000560. The molecule has 3 rings (SSSR count). The van der Waals surface area contributed by atoms with Crippen LogP contribution >= 0.6 is 0 Å². The third-order valence-electron chi connectivity index (χ3n) is 5.92. The first-order chi connectivity index (χ1) is 18.3. The summed E-state index contributed by atoms with van der Waals surface area (Å²) in [6.45, 7) is 2.32. The molecule has 0 spiro atoms. The van der Waals surface area contributed by atoms with Crippen LogP contribution in [0.3, 0.4) is 0 Å². The van der Waals surface area contributed by atoms with E-state index in [1.807, 2.05) is 0 Å². The topological polar surface area (TPSA) is 193 Å². The van der Waals surface area contributed by atoms with Crippen molar-refractivity contribution >= 4 is 33.4 Å². The maximum atomic E-state index is 12.8. The van der Waals surface area contributed by atoms with Crippen molar-refractivity contribution in [2.24, 2.45) is 0 Å². The van der Waals surface area contributed by atoms with Crippen molar-refractivity contribution in [1.29, 1.82) is 0 Å². The van der Waals surface area contributed by atoms with Crippen molar-refractivity contribution in [3.63, 3.8) is 0 Å². The Labute approximate surface area is 253 Å². The van der Waals surface area contributed by atoms with E-state index in [9.17, 15) is 32.5 Å². The third kappa shape index (κ3) is 8.21. The van der Waals surface area contributed by atoms with Crippen LogP contribution in [-0.4, -0.2) is 65.6 Å². The van der Waals surface area contributed by atoms with Gasteiger partial charge >= 0.3 is 41.5 Å². The number of hydrogen-bond acceptors (Lipinski definition) is 9. The normalized spacial score (nSPS) is 14.6. The van der Waals surface area contributed by atoms with Gasteiger partial charge in [-0.1, -0.05) is 18.2 Å². The van der Waals surface area contributed by atoms with Crippen LogP contribution in [0.15, 0.2) is 70.2 Å². The molecule has 11 nitrogen and oxygen atoms in total. The van der Waals surface area contributed by atoms with Crippen molar-refractivity contribution in [2.75, 3.05) is 19.6 Å². The summed E-state index contributed by atoms with van der Waals surface area (Å²) in [4.78, 5) is 34.2. The van der Waals surface area contributed by atoms with Crippen molar-refractivity contribution < 1.29 is 72.2 Å². The monoisotopic (exact) mass is 578 g/mol. The molecule has 0 bridgehead atoms. The van der Waals surface area contributed by atoms with Gasteiger partial charge in [-0.25, -0.2) is 8.42 Å². The van der Waals surface area contributed by atoms with Gasteiger partial charge < -0.3 is 30.5 Å². The van der Waals surface area contributed by atoms with E-state index in [-0.39, 0.29) is 84.0 Å². The number of aryl methyl sites for hydroxylation is 1. The van der Waals surface area contributed by atoms with Crippen molar-refractivity contribution in [2.45, 2.75) is 25.3 Å². The van der Waals surface area contributed by atoms with Gasteiger partial charge in [-0.05, 0) is 72.0 Å². The molecule has 0 saturated heterocycles. The van der Waals surface area contributed by atoms with Crippen LogP contribution < -0.4 is 40.2 Å². The second-order valence-electron chi connectivity index (χ2n) is 8.90. The largest absolute Gasteiger partial charge is 1.00 e. The van der Waals surface area contributed by atoms with E-state index in [2.05, 4.69) is 10.6 Å². The number of allylic oxidation sites excluding steroid dienone is 4. The van der Waals surface area contributed by atoms with Crippen LogP contribution in [0.1, 0.15) is 29.2 Å². The molecule has 2 aromatic rings. The van der Waals surface area contributed by atoms with Crippen LogP contribution in [0.4, 0.5) is 0 Å². The summed E-state index contributed by atoms with van der Waals surface area (Å²) in [5.74, 6) is -2.63. The average molecular weight is 579 g/mol. The molecule has 0 radical (unpaired) electrons. The van der Waals surface area contributed by atoms with Crippen LogP contribution in [0.2, 0.25) is 0 Å². The zero-order chi connectivity index (χ0) is 28.9. The Morgan fingerprint density at radius 2 is 1.55 bits per heavy atom. The van der Waals surface area contributed by atoms with Gasteiger partial charge in [0.1, 0.15) is 15.9 Å². The van der Waals surface area contributed by atoms with Gasteiger partial charge in [0.05, 0.1) is 18.0 Å². The summed E-state index contributed by atoms with van der Waals surface area (Å²) in [6.07, 6.45) is 3.04. The quantitative estimate of drug-likeness (QED) is 0.157. The minimum absolute atomic E-state index is 0. The number of rotatable bonds is 11. The number of Topliss-reactive ketones (excluding diaryl/α,β-unsaturated/α-hetero) is 1. The van der Waals surface area contributed by atoms with E-state index in [4.69, 9.17) is 10.2 Å². The zero-order valence-electron chi connectivity index (χ0n) is 22.1.